The van der Waals surface area contributed by atoms with Crippen LogP contribution in [-0.4, -0.2) is 77.0 Å². The van der Waals surface area contributed by atoms with Crippen molar-refractivity contribution in [2.24, 2.45) is 13.0 Å². The predicted octanol–water partition coefficient (Wildman–Crippen LogP) is 0.232. The molecular formula is C17H31N5O2. The van der Waals surface area contributed by atoms with E-state index >= 15 is 0 Å². The number of aromatic nitrogens is 2. The van der Waals surface area contributed by atoms with Crippen molar-refractivity contribution >= 4 is 5.91 Å². The van der Waals surface area contributed by atoms with Crippen LogP contribution in [0.4, 0.5) is 0 Å². The minimum atomic E-state index is -0.348. The van der Waals surface area contributed by atoms with Gasteiger partial charge in [0.25, 0.3) is 0 Å². The summed E-state index contributed by atoms with van der Waals surface area (Å²) in [5.41, 5.74) is 0.892. The monoisotopic (exact) mass is 337 g/mol. The maximum absolute atomic E-state index is 12.8. The maximum Gasteiger partial charge on any atom is 0.244 e. The molecule has 1 aliphatic heterocycles. The van der Waals surface area contributed by atoms with E-state index in [0.717, 1.165) is 44.6 Å². The Labute approximate surface area is 144 Å². The molecule has 0 saturated carbocycles. The molecule has 1 amide bonds. The number of likely N-dealkylation sites (N-methyl/N-ethyl adjacent to an activating group) is 2. The lowest BCUT2D eigenvalue weighted by atomic mass is 9.95. The molecule has 2 unspecified atom stereocenters. The summed E-state index contributed by atoms with van der Waals surface area (Å²) in [7, 11) is 5.54. The highest BCUT2D eigenvalue weighted by molar-refractivity contribution is 5.82. The zero-order valence-electron chi connectivity index (χ0n) is 15.3. The highest BCUT2D eigenvalue weighted by Crippen LogP contribution is 2.20. The summed E-state index contributed by atoms with van der Waals surface area (Å²) in [4.78, 5) is 16.9. The number of nitrogens with one attached hydrogen (secondary N) is 1. The number of piperidine rings is 1. The maximum atomic E-state index is 12.8. The smallest absolute Gasteiger partial charge is 0.244 e. The number of hydrogen-bond acceptors (Lipinski definition) is 5. The van der Waals surface area contributed by atoms with Crippen molar-refractivity contribution in [1.82, 2.24) is 24.9 Å². The SMILES string of the molecule is CNC(C(=O)N(C)CC1CCN(CC(C)O)CC1)c1cnn(C)c1. The van der Waals surface area contributed by atoms with Crippen molar-refractivity contribution in [3.63, 3.8) is 0 Å². The lowest BCUT2D eigenvalue weighted by molar-refractivity contribution is -0.133. The Morgan fingerprint density at radius 1 is 1.50 bits per heavy atom. The van der Waals surface area contributed by atoms with Crippen LogP contribution in [0.3, 0.4) is 0 Å². The molecule has 0 spiro atoms. The van der Waals surface area contributed by atoms with Gasteiger partial charge in [-0.25, -0.2) is 0 Å². The molecule has 1 saturated heterocycles. The zero-order chi connectivity index (χ0) is 17.7. The minimum absolute atomic E-state index is 0.0805. The van der Waals surface area contributed by atoms with Gasteiger partial charge in [-0.2, -0.15) is 5.10 Å². The molecule has 7 heteroatoms. The summed E-state index contributed by atoms with van der Waals surface area (Å²) in [6.45, 7) is 5.34. The molecule has 0 radical (unpaired) electrons. The van der Waals surface area contributed by atoms with Gasteiger partial charge in [-0.3, -0.25) is 9.48 Å². The van der Waals surface area contributed by atoms with Gasteiger partial charge in [-0.15, -0.1) is 0 Å². The number of β-amino-alcohol motifs (C(OH)–C–C–N with tert-alkyl or cyclic N) is 1. The van der Waals surface area contributed by atoms with Crippen molar-refractivity contribution in [3.05, 3.63) is 18.0 Å². The third-order valence-electron chi connectivity index (χ3n) is 4.73. The molecule has 1 aromatic heterocycles. The Morgan fingerprint density at radius 2 is 2.17 bits per heavy atom. The number of nitrogens with zero attached hydrogens (tertiary/aromatic N) is 4. The Hall–Kier alpha value is -1.44. The second kappa shape index (κ2) is 8.60. The molecule has 2 atom stereocenters. The third kappa shape index (κ3) is 5.03. The average Bonchev–Trinajstić information content (AvgIpc) is 2.95. The molecule has 1 aromatic rings. The fourth-order valence-electron chi connectivity index (χ4n) is 3.44. The summed E-state index contributed by atoms with van der Waals surface area (Å²) in [5.74, 6) is 0.604. The number of aryl methyl sites for hydroxylation is 1. The van der Waals surface area contributed by atoms with E-state index in [1.165, 1.54) is 0 Å². The summed E-state index contributed by atoms with van der Waals surface area (Å²) >= 11 is 0. The Morgan fingerprint density at radius 3 is 2.67 bits per heavy atom. The Bertz CT molecular complexity index is 523. The first-order valence-corrected chi connectivity index (χ1v) is 8.72. The van der Waals surface area contributed by atoms with E-state index in [9.17, 15) is 9.90 Å². The molecule has 1 aliphatic rings. The highest BCUT2D eigenvalue weighted by Gasteiger charge is 2.27. The van der Waals surface area contributed by atoms with Gasteiger partial charge in [0.1, 0.15) is 6.04 Å². The van der Waals surface area contributed by atoms with Crippen molar-refractivity contribution in [1.29, 1.82) is 0 Å². The molecule has 2 heterocycles. The summed E-state index contributed by atoms with van der Waals surface area (Å²) < 4.78 is 1.71. The Balaban J connectivity index is 1.85. The molecule has 136 valence electrons. The van der Waals surface area contributed by atoms with Gasteiger partial charge in [0, 0.05) is 38.9 Å². The van der Waals surface area contributed by atoms with E-state index in [4.69, 9.17) is 0 Å². The summed E-state index contributed by atoms with van der Waals surface area (Å²) in [6.07, 6.45) is 5.48. The summed E-state index contributed by atoms with van der Waals surface area (Å²) in [6, 6.07) is -0.348. The largest absolute Gasteiger partial charge is 0.392 e. The molecule has 7 nitrogen and oxygen atoms in total. The van der Waals surface area contributed by atoms with E-state index in [1.807, 2.05) is 32.1 Å². The van der Waals surface area contributed by atoms with Gasteiger partial charge in [0.15, 0.2) is 0 Å². The first-order valence-electron chi connectivity index (χ1n) is 8.72. The lowest BCUT2D eigenvalue weighted by Crippen LogP contribution is -2.43. The van der Waals surface area contributed by atoms with Crippen LogP contribution in [0.1, 0.15) is 31.4 Å². The second-order valence-electron chi connectivity index (χ2n) is 6.98. The number of amides is 1. The molecular weight excluding hydrogens is 306 g/mol. The zero-order valence-corrected chi connectivity index (χ0v) is 15.3. The topological polar surface area (TPSA) is 73.6 Å². The number of hydrogen-bond donors (Lipinski definition) is 2. The number of carbonyl (C=O) groups excluding carboxylic acids is 1. The van der Waals surface area contributed by atoms with Gasteiger partial charge >= 0.3 is 0 Å². The minimum Gasteiger partial charge on any atom is -0.392 e. The quantitative estimate of drug-likeness (QED) is 0.745. The van der Waals surface area contributed by atoms with E-state index in [2.05, 4.69) is 15.3 Å². The van der Waals surface area contributed by atoms with Crippen LogP contribution in [0.2, 0.25) is 0 Å². The summed E-state index contributed by atoms with van der Waals surface area (Å²) in [5, 5.41) is 16.7. The van der Waals surface area contributed by atoms with E-state index in [1.54, 1.807) is 17.9 Å². The lowest BCUT2D eigenvalue weighted by Gasteiger charge is -2.35. The molecule has 1 fully saturated rings. The number of aliphatic hydroxyl groups excluding tert-OH is 1. The number of likely N-dealkylation sites (tertiary alicyclic amines) is 1. The van der Waals surface area contributed by atoms with E-state index < -0.39 is 0 Å². The van der Waals surface area contributed by atoms with Gasteiger partial charge in [0.2, 0.25) is 5.91 Å². The van der Waals surface area contributed by atoms with Gasteiger partial charge < -0.3 is 20.2 Å². The van der Waals surface area contributed by atoms with Crippen LogP contribution in [0.5, 0.6) is 0 Å². The van der Waals surface area contributed by atoms with Crippen molar-refractivity contribution in [2.75, 3.05) is 40.3 Å². The second-order valence-corrected chi connectivity index (χ2v) is 6.98. The molecule has 0 bridgehead atoms. The number of aliphatic hydroxyl groups is 1. The van der Waals surface area contributed by atoms with E-state index in [-0.39, 0.29) is 18.1 Å². The number of rotatable bonds is 7. The van der Waals surface area contributed by atoms with Crippen LogP contribution in [0.25, 0.3) is 0 Å². The van der Waals surface area contributed by atoms with Gasteiger partial charge in [-0.1, -0.05) is 0 Å². The molecule has 2 N–H and O–H groups in total. The predicted molar refractivity (Wildman–Crippen MR) is 93.5 cm³/mol. The first kappa shape index (κ1) is 18.9. The first-order chi connectivity index (χ1) is 11.4. The molecule has 0 aliphatic carbocycles. The van der Waals surface area contributed by atoms with Crippen LogP contribution < -0.4 is 5.32 Å². The standard InChI is InChI=1S/C17H31N5O2/c1-13(23)10-22-7-5-14(6-8-22)11-20(3)17(24)16(18-2)15-9-19-21(4)12-15/h9,12-14,16,18,23H,5-8,10-11H2,1-4H3. The fraction of sp³-hybridized carbons (Fsp3) is 0.765. The van der Waals surface area contributed by atoms with Crippen LogP contribution in [0, 0.1) is 5.92 Å². The third-order valence-corrected chi connectivity index (χ3v) is 4.73. The molecule has 2 rings (SSSR count). The number of carbonyl (C=O) groups is 1. The molecule has 24 heavy (non-hydrogen) atoms. The van der Waals surface area contributed by atoms with Crippen molar-refractivity contribution < 1.29 is 9.90 Å². The van der Waals surface area contributed by atoms with Gasteiger partial charge in [0.05, 0.1) is 12.3 Å². The van der Waals surface area contributed by atoms with Crippen molar-refractivity contribution in [3.8, 4) is 0 Å². The Kier molecular flexibility index (Phi) is 6.77. The van der Waals surface area contributed by atoms with E-state index in [0.29, 0.717) is 5.92 Å². The normalized spacial score (nSPS) is 19.2. The van der Waals surface area contributed by atoms with Gasteiger partial charge in [-0.05, 0) is 45.8 Å². The van der Waals surface area contributed by atoms with Crippen LogP contribution in [0.15, 0.2) is 12.4 Å². The highest BCUT2D eigenvalue weighted by atomic mass is 16.3. The average molecular weight is 337 g/mol. The van der Waals surface area contributed by atoms with Crippen LogP contribution >= 0.6 is 0 Å². The van der Waals surface area contributed by atoms with Crippen LogP contribution in [-0.2, 0) is 11.8 Å². The van der Waals surface area contributed by atoms with Crippen molar-refractivity contribution in [2.45, 2.75) is 31.9 Å². The fourth-order valence-corrected chi connectivity index (χ4v) is 3.44. The molecule has 0 aromatic carbocycles.